The summed E-state index contributed by atoms with van der Waals surface area (Å²) in [5.74, 6) is 0.107. The maximum Gasteiger partial charge on any atom is 0.315 e. The van der Waals surface area contributed by atoms with E-state index in [0.717, 1.165) is 5.56 Å². The Morgan fingerprint density at radius 3 is 2.63 bits per heavy atom. The highest BCUT2D eigenvalue weighted by Gasteiger charge is 2.14. The van der Waals surface area contributed by atoms with Gasteiger partial charge in [-0.25, -0.2) is 4.79 Å². The van der Waals surface area contributed by atoms with Gasteiger partial charge in [-0.2, -0.15) is 0 Å². The van der Waals surface area contributed by atoms with Crippen LogP contribution in [0.3, 0.4) is 0 Å². The topological polar surface area (TPSA) is 61.4 Å². The number of aliphatic hydroxyl groups is 1. The molecular weight excluding hydrogens is 240 g/mol. The number of amides is 2. The Labute approximate surface area is 114 Å². The Morgan fingerprint density at radius 2 is 2.05 bits per heavy atom. The van der Waals surface area contributed by atoms with Crippen molar-refractivity contribution in [3.05, 3.63) is 48.6 Å². The summed E-state index contributed by atoms with van der Waals surface area (Å²) in [6.45, 7) is 6.24. The van der Waals surface area contributed by atoms with Crippen molar-refractivity contribution >= 4 is 6.03 Å². The molecule has 2 unspecified atom stereocenters. The van der Waals surface area contributed by atoms with E-state index in [-0.39, 0.29) is 11.9 Å². The molecule has 0 fully saturated rings. The minimum Gasteiger partial charge on any atom is -0.393 e. The summed E-state index contributed by atoms with van der Waals surface area (Å²) in [7, 11) is 0. The van der Waals surface area contributed by atoms with E-state index in [0.29, 0.717) is 19.5 Å². The minimum absolute atomic E-state index is 0.107. The van der Waals surface area contributed by atoms with E-state index < -0.39 is 6.10 Å². The lowest BCUT2D eigenvalue weighted by Crippen LogP contribution is -2.38. The quantitative estimate of drug-likeness (QED) is 0.658. The largest absolute Gasteiger partial charge is 0.393 e. The molecular formula is C15H22N2O2. The predicted octanol–water partition coefficient (Wildman–Crippen LogP) is 2.03. The number of urea groups is 1. The third kappa shape index (κ3) is 6.06. The lowest BCUT2D eigenvalue weighted by molar-refractivity contribution is 0.173. The fourth-order valence-corrected chi connectivity index (χ4v) is 1.92. The highest BCUT2D eigenvalue weighted by Crippen LogP contribution is 2.20. The van der Waals surface area contributed by atoms with Gasteiger partial charge in [0.15, 0.2) is 0 Å². The van der Waals surface area contributed by atoms with E-state index >= 15 is 0 Å². The summed E-state index contributed by atoms with van der Waals surface area (Å²) < 4.78 is 0. The lowest BCUT2D eigenvalue weighted by Gasteiger charge is -2.19. The zero-order chi connectivity index (χ0) is 14.1. The van der Waals surface area contributed by atoms with Crippen molar-refractivity contribution < 1.29 is 9.90 Å². The number of carbonyl (C=O) groups is 1. The van der Waals surface area contributed by atoms with Gasteiger partial charge in [-0.15, -0.1) is 6.58 Å². The molecule has 1 aromatic carbocycles. The van der Waals surface area contributed by atoms with E-state index in [4.69, 9.17) is 0 Å². The maximum atomic E-state index is 11.5. The summed E-state index contributed by atoms with van der Waals surface area (Å²) in [4.78, 5) is 11.5. The summed E-state index contributed by atoms with van der Waals surface area (Å²) in [6, 6.07) is 9.68. The van der Waals surface area contributed by atoms with Gasteiger partial charge in [0.05, 0.1) is 6.10 Å². The summed E-state index contributed by atoms with van der Waals surface area (Å²) in [5, 5.41) is 15.0. The van der Waals surface area contributed by atoms with Crippen molar-refractivity contribution in [2.24, 2.45) is 0 Å². The van der Waals surface area contributed by atoms with Crippen LogP contribution in [0.25, 0.3) is 0 Å². The molecule has 3 N–H and O–H groups in total. The Kier molecular flexibility index (Phi) is 6.68. The van der Waals surface area contributed by atoms with Gasteiger partial charge in [-0.1, -0.05) is 36.4 Å². The molecule has 0 saturated heterocycles. The zero-order valence-corrected chi connectivity index (χ0v) is 11.3. The smallest absolute Gasteiger partial charge is 0.315 e. The van der Waals surface area contributed by atoms with Crippen LogP contribution in [0.1, 0.15) is 24.8 Å². The second-order valence-electron chi connectivity index (χ2n) is 4.57. The molecule has 104 valence electrons. The highest BCUT2D eigenvalue weighted by atomic mass is 16.3. The number of rotatable bonds is 7. The van der Waals surface area contributed by atoms with Crippen molar-refractivity contribution in [2.75, 3.05) is 13.1 Å². The number of hydrogen-bond donors (Lipinski definition) is 3. The van der Waals surface area contributed by atoms with Crippen molar-refractivity contribution in [2.45, 2.75) is 25.4 Å². The zero-order valence-electron chi connectivity index (χ0n) is 11.3. The Bertz CT molecular complexity index is 390. The van der Waals surface area contributed by atoms with Crippen LogP contribution in [0, 0.1) is 0 Å². The van der Waals surface area contributed by atoms with Gasteiger partial charge in [0.2, 0.25) is 0 Å². The first kappa shape index (κ1) is 15.2. The SMILES string of the molecule is C=CCNC(=O)NCC(CC(C)O)c1ccccc1. The lowest BCUT2D eigenvalue weighted by atomic mass is 9.93. The monoisotopic (exact) mass is 262 g/mol. The first-order valence-electron chi connectivity index (χ1n) is 6.49. The molecule has 4 nitrogen and oxygen atoms in total. The molecule has 0 aliphatic carbocycles. The number of carbonyl (C=O) groups excluding carboxylic acids is 1. The van der Waals surface area contributed by atoms with Gasteiger partial charge in [0, 0.05) is 19.0 Å². The van der Waals surface area contributed by atoms with E-state index in [1.807, 2.05) is 30.3 Å². The van der Waals surface area contributed by atoms with Gasteiger partial charge in [-0.3, -0.25) is 0 Å². The number of benzene rings is 1. The molecule has 2 atom stereocenters. The molecule has 19 heavy (non-hydrogen) atoms. The predicted molar refractivity (Wildman–Crippen MR) is 77.1 cm³/mol. The van der Waals surface area contributed by atoms with Gasteiger partial charge >= 0.3 is 6.03 Å². The normalized spacial score (nSPS) is 13.4. The first-order chi connectivity index (χ1) is 9.13. The highest BCUT2D eigenvalue weighted by molar-refractivity contribution is 5.74. The van der Waals surface area contributed by atoms with Crippen LogP contribution in [0.5, 0.6) is 0 Å². The number of hydrogen-bond acceptors (Lipinski definition) is 2. The second-order valence-corrected chi connectivity index (χ2v) is 4.57. The molecule has 0 aliphatic rings. The maximum absolute atomic E-state index is 11.5. The average Bonchev–Trinajstić information content (AvgIpc) is 2.41. The molecule has 4 heteroatoms. The van der Waals surface area contributed by atoms with Crippen molar-refractivity contribution in [1.29, 1.82) is 0 Å². The van der Waals surface area contributed by atoms with E-state index in [9.17, 15) is 9.90 Å². The van der Waals surface area contributed by atoms with Gasteiger partial charge in [0.25, 0.3) is 0 Å². The Morgan fingerprint density at radius 1 is 1.37 bits per heavy atom. The van der Waals surface area contributed by atoms with Crippen LogP contribution < -0.4 is 10.6 Å². The summed E-state index contributed by atoms with van der Waals surface area (Å²) >= 11 is 0. The third-order valence-corrected chi connectivity index (χ3v) is 2.81. The summed E-state index contributed by atoms with van der Waals surface area (Å²) in [5.41, 5.74) is 1.12. The van der Waals surface area contributed by atoms with Crippen LogP contribution in [0.15, 0.2) is 43.0 Å². The molecule has 0 aromatic heterocycles. The van der Waals surface area contributed by atoms with Gasteiger partial charge < -0.3 is 15.7 Å². The fraction of sp³-hybridized carbons (Fsp3) is 0.400. The third-order valence-electron chi connectivity index (χ3n) is 2.81. The average molecular weight is 262 g/mol. The van der Waals surface area contributed by atoms with Crippen LogP contribution in [-0.2, 0) is 0 Å². The molecule has 1 rings (SSSR count). The van der Waals surface area contributed by atoms with Crippen LogP contribution >= 0.6 is 0 Å². The van der Waals surface area contributed by atoms with Crippen LogP contribution in [0.4, 0.5) is 4.79 Å². The van der Waals surface area contributed by atoms with E-state index in [2.05, 4.69) is 17.2 Å². The van der Waals surface area contributed by atoms with E-state index in [1.165, 1.54) is 0 Å². The Hall–Kier alpha value is -1.81. The van der Waals surface area contributed by atoms with Crippen molar-refractivity contribution in [3.63, 3.8) is 0 Å². The molecule has 1 aromatic rings. The Balaban J connectivity index is 2.56. The molecule has 0 heterocycles. The molecule has 0 aliphatic heterocycles. The standard InChI is InChI=1S/C15H22N2O2/c1-3-9-16-15(19)17-11-14(10-12(2)18)13-7-5-4-6-8-13/h3-8,12,14,18H,1,9-11H2,2H3,(H2,16,17,19). The molecule has 2 amide bonds. The van der Waals surface area contributed by atoms with Crippen LogP contribution in [-0.4, -0.2) is 30.3 Å². The van der Waals surface area contributed by atoms with Gasteiger partial charge in [0.1, 0.15) is 0 Å². The second kappa shape index (κ2) is 8.32. The van der Waals surface area contributed by atoms with Gasteiger partial charge in [-0.05, 0) is 18.9 Å². The first-order valence-corrected chi connectivity index (χ1v) is 6.49. The molecule has 0 radical (unpaired) electrons. The van der Waals surface area contributed by atoms with Crippen molar-refractivity contribution in [1.82, 2.24) is 10.6 Å². The van der Waals surface area contributed by atoms with E-state index in [1.54, 1.807) is 13.0 Å². The summed E-state index contributed by atoms with van der Waals surface area (Å²) in [6.07, 6.45) is 1.85. The molecule has 0 bridgehead atoms. The fourth-order valence-electron chi connectivity index (χ4n) is 1.92. The molecule has 0 saturated carbocycles. The molecule has 0 spiro atoms. The minimum atomic E-state index is -0.400. The number of aliphatic hydroxyl groups excluding tert-OH is 1. The van der Waals surface area contributed by atoms with Crippen LogP contribution in [0.2, 0.25) is 0 Å². The number of nitrogens with one attached hydrogen (secondary N) is 2. The van der Waals surface area contributed by atoms with Crippen molar-refractivity contribution in [3.8, 4) is 0 Å².